The molecular weight excluding hydrogens is 242 g/mol. The van der Waals surface area contributed by atoms with Gasteiger partial charge < -0.3 is 5.11 Å². The number of phenols is 1. The van der Waals surface area contributed by atoms with Gasteiger partial charge in [0.2, 0.25) is 0 Å². The lowest BCUT2D eigenvalue weighted by atomic mass is 10.2. The van der Waals surface area contributed by atoms with E-state index in [0.717, 1.165) is 5.56 Å². The summed E-state index contributed by atoms with van der Waals surface area (Å²) in [6.45, 7) is 1.77. The van der Waals surface area contributed by atoms with Crippen LogP contribution in [0.3, 0.4) is 0 Å². The van der Waals surface area contributed by atoms with Crippen LogP contribution in [0.1, 0.15) is 22.8 Å². The Morgan fingerprint density at radius 1 is 1.26 bits per heavy atom. The number of rotatable bonds is 3. The molecule has 1 aromatic heterocycles. The van der Waals surface area contributed by atoms with E-state index in [9.17, 15) is 9.90 Å². The highest BCUT2D eigenvalue weighted by molar-refractivity contribution is 6.01. The van der Waals surface area contributed by atoms with Gasteiger partial charge in [0, 0.05) is 18.0 Å². The second-order valence-electron chi connectivity index (χ2n) is 3.90. The first kappa shape index (κ1) is 12.8. The third-order valence-electron chi connectivity index (χ3n) is 2.55. The predicted octanol–water partition coefficient (Wildman–Crippen LogP) is 1.94. The van der Waals surface area contributed by atoms with Gasteiger partial charge in [0.15, 0.2) is 0 Å². The maximum Gasteiger partial charge on any atom is 0.275 e. The van der Waals surface area contributed by atoms with Gasteiger partial charge in [0.1, 0.15) is 5.75 Å². The monoisotopic (exact) mass is 255 g/mol. The molecule has 2 N–H and O–H groups in total. The van der Waals surface area contributed by atoms with Crippen molar-refractivity contribution in [3.63, 3.8) is 0 Å². The molecule has 0 aliphatic heterocycles. The molecule has 1 aromatic carbocycles. The smallest absolute Gasteiger partial charge is 0.275 e. The van der Waals surface area contributed by atoms with Crippen molar-refractivity contribution >= 4 is 11.6 Å². The van der Waals surface area contributed by atoms with Crippen molar-refractivity contribution < 1.29 is 9.90 Å². The zero-order valence-corrected chi connectivity index (χ0v) is 10.4. The average molecular weight is 255 g/mol. The number of aromatic nitrogens is 1. The molecule has 5 heteroatoms. The number of hydrogen-bond acceptors (Lipinski definition) is 4. The van der Waals surface area contributed by atoms with Gasteiger partial charge in [0.25, 0.3) is 5.91 Å². The fraction of sp³-hybridized carbons (Fsp3) is 0.0714. The van der Waals surface area contributed by atoms with Crippen LogP contribution in [0.5, 0.6) is 5.75 Å². The number of benzene rings is 1. The van der Waals surface area contributed by atoms with Crippen LogP contribution in [-0.4, -0.2) is 21.7 Å². The molecule has 5 nitrogen and oxygen atoms in total. The molecular formula is C14H13N3O2. The van der Waals surface area contributed by atoms with Gasteiger partial charge in [0.05, 0.1) is 11.3 Å². The first-order valence-electron chi connectivity index (χ1n) is 5.71. The van der Waals surface area contributed by atoms with Crippen LogP contribution in [-0.2, 0) is 0 Å². The number of carbonyl (C=O) groups excluding carboxylic acids is 1. The largest absolute Gasteiger partial charge is 0.507 e. The van der Waals surface area contributed by atoms with Gasteiger partial charge in [-0.05, 0) is 25.1 Å². The highest BCUT2D eigenvalue weighted by Gasteiger charge is 2.09. The van der Waals surface area contributed by atoms with Crippen molar-refractivity contribution in [2.45, 2.75) is 6.92 Å². The molecule has 0 bridgehead atoms. The Hall–Kier alpha value is -2.69. The zero-order chi connectivity index (χ0) is 13.7. The minimum Gasteiger partial charge on any atom is -0.507 e. The third kappa shape index (κ3) is 3.16. The Bertz CT molecular complexity index is 609. The molecule has 0 radical (unpaired) electrons. The highest BCUT2D eigenvalue weighted by atomic mass is 16.3. The Balaban J connectivity index is 2.11. The second kappa shape index (κ2) is 5.77. The van der Waals surface area contributed by atoms with Gasteiger partial charge in [-0.15, -0.1) is 0 Å². The van der Waals surface area contributed by atoms with Crippen molar-refractivity contribution in [2.75, 3.05) is 0 Å². The number of nitrogens with zero attached hydrogens (tertiary/aromatic N) is 2. The van der Waals surface area contributed by atoms with Crippen LogP contribution in [0, 0.1) is 0 Å². The number of aromatic hydroxyl groups is 1. The maximum absolute atomic E-state index is 11.8. The van der Waals surface area contributed by atoms with E-state index in [1.165, 1.54) is 12.1 Å². The number of nitrogens with one attached hydrogen (secondary N) is 1. The molecule has 0 atom stereocenters. The van der Waals surface area contributed by atoms with Crippen molar-refractivity contribution in [1.29, 1.82) is 0 Å². The normalized spacial score (nSPS) is 11.1. The second-order valence-corrected chi connectivity index (χ2v) is 3.90. The summed E-state index contributed by atoms with van der Waals surface area (Å²) in [5.41, 5.74) is 4.04. The Morgan fingerprint density at radius 3 is 2.74 bits per heavy atom. The van der Waals surface area contributed by atoms with Crippen molar-refractivity contribution in [2.24, 2.45) is 5.10 Å². The number of phenolic OH excluding ortho intramolecular Hbond substituents is 1. The Labute approximate surface area is 110 Å². The molecule has 1 amide bonds. The number of amides is 1. The molecule has 0 saturated heterocycles. The summed E-state index contributed by atoms with van der Waals surface area (Å²) in [4.78, 5) is 15.8. The molecule has 2 aromatic rings. The van der Waals surface area contributed by atoms with Crippen LogP contribution >= 0.6 is 0 Å². The summed E-state index contributed by atoms with van der Waals surface area (Å²) < 4.78 is 0. The minimum atomic E-state index is -0.457. The van der Waals surface area contributed by atoms with Crippen molar-refractivity contribution in [3.8, 4) is 5.75 Å². The fourth-order valence-electron chi connectivity index (χ4n) is 1.50. The molecule has 0 fully saturated rings. The zero-order valence-electron chi connectivity index (χ0n) is 10.4. The molecule has 1 heterocycles. The predicted molar refractivity (Wildman–Crippen MR) is 72.0 cm³/mol. The summed E-state index contributed by atoms with van der Waals surface area (Å²) in [5, 5.41) is 13.5. The first-order valence-corrected chi connectivity index (χ1v) is 5.71. The quantitative estimate of drug-likeness (QED) is 0.650. The summed E-state index contributed by atoms with van der Waals surface area (Å²) in [5.74, 6) is -0.532. The maximum atomic E-state index is 11.8. The van der Waals surface area contributed by atoms with Gasteiger partial charge in [-0.2, -0.15) is 5.10 Å². The van der Waals surface area contributed by atoms with Crippen LogP contribution in [0.25, 0.3) is 0 Å². The van der Waals surface area contributed by atoms with E-state index >= 15 is 0 Å². The summed E-state index contributed by atoms with van der Waals surface area (Å²) >= 11 is 0. The molecule has 96 valence electrons. The number of hydrogen-bond donors (Lipinski definition) is 2. The topological polar surface area (TPSA) is 74.6 Å². The summed E-state index contributed by atoms with van der Waals surface area (Å²) in [7, 11) is 0. The van der Waals surface area contributed by atoms with Gasteiger partial charge >= 0.3 is 0 Å². The van der Waals surface area contributed by atoms with Gasteiger partial charge in [-0.25, -0.2) is 5.43 Å². The number of carbonyl (C=O) groups is 1. The highest BCUT2D eigenvalue weighted by Crippen LogP contribution is 2.14. The molecule has 2 rings (SSSR count). The van der Waals surface area contributed by atoms with E-state index in [1.54, 1.807) is 37.5 Å². The van der Waals surface area contributed by atoms with Crippen LogP contribution in [0.15, 0.2) is 53.9 Å². The summed E-state index contributed by atoms with van der Waals surface area (Å²) in [6, 6.07) is 9.94. The van der Waals surface area contributed by atoms with Crippen molar-refractivity contribution in [1.82, 2.24) is 10.4 Å². The lowest BCUT2D eigenvalue weighted by Gasteiger charge is -2.04. The molecule has 0 saturated carbocycles. The molecule has 0 unspecified atom stereocenters. The molecule has 0 aliphatic rings. The van der Waals surface area contributed by atoms with E-state index in [1.807, 2.05) is 6.07 Å². The molecule has 19 heavy (non-hydrogen) atoms. The first-order chi connectivity index (χ1) is 9.18. The van der Waals surface area contributed by atoms with Crippen molar-refractivity contribution in [3.05, 3.63) is 59.9 Å². The third-order valence-corrected chi connectivity index (χ3v) is 2.55. The lowest BCUT2D eigenvalue weighted by Crippen LogP contribution is -2.19. The van der Waals surface area contributed by atoms with Crippen LogP contribution < -0.4 is 5.43 Å². The van der Waals surface area contributed by atoms with E-state index < -0.39 is 5.91 Å². The Morgan fingerprint density at radius 2 is 2.05 bits per heavy atom. The minimum absolute atomic E-state index is 0.0748. The molecule has 0 spiro atoms. The van der Waals surface area contributed by atoms with Crippen LogP contribution in [0.4, 0.5) is 0 Å². The number of para-hydroxylation sites is 1. The standard InChI is InChI=1S/C14H13N3O2/c1-10(11-5-4-8-15-9-11)16-17-14(19)12-6-2-3-7-13(12)18/h2-9,18H,1H3,(H,17,19)/b16-10-. The molecule has 0 aliphatic carbocycles. The van der Waals surface area contributed by atoms with Gasteiger partial charge in [-0.3, -0.25) is 9.78 Å². The van der Waals surface area contributed by atoms with Gasteiger partial charge in [-0.1, -0.05) is 18.2 Å². The van der Waals surface area contributed by atoms with E-state index in [2.05, 4.69) is 15.5 Å². The summed E-state index contributed by atoms with van der Waals surface area (Å²) in [6.07, 6.45) is 3.32. The lowest BCUT2D eigenvalue weighted by molar-refractivity contribution is 0.0952. The average Bonchev–Trinajstić information content (AvgIpc) is 2.46. The van der Waals surface area contributed by atoms with E-state index in [-0.39, 0.29) is 11.3 Å². The number of hydrazone groups is 1. The fourth-order valence-corrected chi connectivity index (χ4v) is 1.50. The van der Waals surface area contributed by atoms with Crippen LogP contribution in [0.2, 0.25) is 0 Å². The van der Waals surface area contributed by atoms with E-state index in [0.29, 0.717) is 5.71 Å². The Kier molecular flexibility index (Phi) is 3.87. The van der Waals surface area contributed by atoms with E-state index in [4.69, 9.17) is 0 Å². The number of pyridine rings is 1. The SMILES string of the molecule is C/C(=N/NC(=O)c1ccccc1O)c1cccnc1.